The van der Waals surface area contributed by atoms with Crippen molar-refractivity contribution in [1.29, 1.82) is 0 Å². The van der Waals surface area contributed by atoms with Crippen LogP contribution in [0.4, 0.5) is 5.69 Å². The number of amidine groups is 1. The van der Waals surface area contributed by atoms with Crippen LogP contribution in [0.2, 0.25) is 0 Å². The minimum Gasteiger partial charge on any atom is -0.463 e. The summed E-state index contributed by atoms with van der Waals surface area (Å²) in [7, 11) is 0. The Balaban J connectivity index is 1.90. The van der Waals surface area contributed by atoms with Gasteiger partial charge in [0.2, 0.25) is 0 Å². The molecule has 3 nitrogen and oxygen atoms in total. The number of ether oxygens (including phenoxy) is 1. The lowest BCUT2D eigenvalue weighted by Crippen LogP contribution is -2.16. The molecule has 1 aliphatic carbocycles. The summed E-state index contributed by atoms with van der Waals surface area (Å²) in [6.07, 6.45) is 5.01. The van der Waals surface area contributed by atoms with E-state index < -0.39 is 0 Å². The molecule has 18 heavy (non-hydrogen) atoms. The third-order valence-corrected chi connectivity index (χ3v) is 3.95. The van der Waals surface area contributed by atoms with Crippen LogP contribution in [0.3, 0.4) is 0 Å². The zero-order valence-electron chi connectivity index (χ0n) is 10.9. The van der Waals surface area contributed by atoms with E-state index in [1.54, 1.807) is 0 Å². The molecule has 0 fully saturated rings. The Morgan fingerprint density at radius 3 is 3.17 bits per heavy atom. The van der Waals surface area contributed by atoms with E-state index in [4.69, 9.17) is 4.74 Å². The molecule has 0 spiro atoms. The van der Waals surface area contributed by atoms with Crippen molar-refractivity contribution >= 4 is 11.7 Å². The van der Waals surface area contributed by atoms with Crippen molar-refractivity contribution in [3.8, 4) is 0 Å². The van der Waals surface area contributed by atoms with Gasteiger partial charge in [0.15, 0.2) is 0 Å². The molecule has 1 aromatic rings. The second-order valence-electron chi connectivity index (χ2n) is 5.03. The molecule has 0 saturated carbocycles. The summed E-state index contributed by atoms with van der Waals surface area (Å²) < 4.78 is 5.44. The van der Waals surface area contributed by atoms with Gasteiger partial charge in [-0.1, -0.05) is 19.1 Å². The van der Waals surface area contributed by atoms with Crippen LogP contribution in [-0.4, -0.2) is 19.2 Å². The summed E-state index contributed by atoms with van der Waals surface area (Å²) in [5, 5.41) is 3.34. The number of fused-ring (bicyclic) bond motifs is 1. The van der Waals surface area contributed by atoms with Crippen LogP contribution in [-0.2, 0) is 11.2 Å². The highest BCUT2D eigenvalue weighted by Gasteiger charge is 2.21. The van der Waals surface area contributed by atoms with E-state index in [0.717, 1.165) is 12.5 Å². The van der Waals surface area contributed by atoms with E-state index in [9.17, 15) is 0 Å². The molecule has 0 bridgehead atoms. The monoisotopic (exact) mass is 244 g/mol. The van der Waals surface area contributed by atoms with Gasteiger partial charge in [0.1, 0.15) is 6.61 Å². The van der Waals surface area contributed by atoms with E-state index in [0.29, 0.717) is 12.6 Å². The first-order valence-electron chi connectivity index (χ1n) is 6.94. The molecule has 96 valence electrons. The fraction of sp³-hybridized carbons (Fsp3) is 0.533. The van der Waals surface area contributed by atoms with Crippen LogP contribution in [0.15, 0.2) is 23.2 Å². The van der Waals surface area contributed by atoms with Gasteiger partial charge in [0.25, 0.3) is 6.02 Å². The van der Waals surface area contributed by atoms with Crippen LogP contribution in [0.5, 0.6) is 0 Å². The van der Waals surface area contributed by atoms with Crippen molar-refractivity contribution in [2.24, 2.45) is 4.99 Å². The Bertz CT molecular complexity index is 468. The van der Waals surface area contributed by atoms with Crippen molar-refractivity contribution < 1.29 is 4.74 Å². The molecule has 1 aliphatic heterocycles. The summed E-state index contributed by atoms with van der Waals surface area (Å²) in [5.41, 5.74) is 4.17. The highest BCUT2D eigenvalue weighted by Crippen LogP contribution is 2.37. The van der Waals surface area contributed by atoms with Crippen molar-refractivity contribution in [2.45, 2.75) is 38.5 Å². The molecule has 2 aliphatic rings. The van der Waals surface area contributed by atoms with Gasteiger partial charge in [0, 0.05) is 5.69 Å². The molecular weight excluding hydrogens is 224 g/mol. The van der Waals surface area contributed by atoms with Gasteiger partial charge in [-0.3, -0.25) is 0 Å². The van der Waals surface area contributed by atoms with Gasteiger partial charge >= 0.3 is 0 Å². The highest BCUT2D eigenvalue weighted by molar-refractivity contribution is 5.91. The number of rotatable bonds is 2. The Morgan fingerprint density at radius 1 is 1.44 bits per heavy atom. The van der Waals surface area contributed by atoms with Crippen molar-refractivity contribution in [3.05, 3.63) is 29.3 Å². The maximum atomic E-state index is 5.44. The van der Waals surface area contributed by atoms with Gasteiger partial charge in [-0.2, -0.15) is 0 Å². The molecule has 0 saturated heterocycles. The van der Waals surface area contributed by atoms with E-state index in [2.05, 4.69) is 35.4 Å². The van der Waals surface area contributed by atoms with Crippen LogP contribution >= 0.6 is 0 Å². The number of nitrogens with zero attached hydrogens (tertiary/aromatic N) is 1. The molecule has 0 radical (unpaired) electrons. The third kappa shape index (κ3) is 2.09. The molecule has 1 aromatic carbocycles. The third-order valence-electron chi connectivity index (χ3n) is 3.95. The number of anilines is 1. The molecule has 1 N–H and O–H groups in total. The van der Waals surface area contributed by atoms with Gasteiger partial charge < -0.3 is 10.1 Å². The maximum absolute atomic E-state index is 5.44. The molecule has 1 atom stereocenters. The SMILES string of the molecule is CCC1CCCc2c(NC3=NCCO3)cccc21. The van der Waals surface area contributed by atoms with Crippen molar-refractivity contribution in [3.63, 3.8) is 0 Å². The average Bonchev–Trinajstić information content (AvgIpc) is 2.91. The fourth-order valence-electron chi connectivity index (χ4n) is 3.01. The molecule has 0 amide bonds. The molecule has 1 unspecified atom stereocenters. The Hall–Kier alpha value is -1.51. The predicted molar refractivity (Wildman–Crippen MR) is 74.3 cm³/mol. The second kappa shape index (κ2) is 5.01. The largest absolute Gasteiger partial charge is 0.463 e. The highest BCUT2D eigenvalue weighted by atomic mass is 16.5. The Morgan fingerprint density at radius 2 is 2.39 bits per heavy atom. The normalized spacial score (nSPS) is 22.1. The maximum Gasteiger partial charge on any atom is 0.289 e. The van der Waals surface area contributed by atoms with Crippen LogP contribution in [0.25, 0.3) is 0 Å². The smallest absolute Gasteiger partial charge is 0.289 e. The average molecular weight is 244 g/mol. The first-order chi connectivity index (χ1) is 8.88. The summed E-state index contributed by atoms with van der Waals surface area (Å²) in [4.78, 5) is 4.30. The zero-order chi connectivity index (χ0) is 12.4. The van der Waals surface area contributed by atoms with Gasteiger partial charge in [-0.05, 0) is 48.8 Å². The number of benzene rings is 1. The second-order valence-corrected chi connectivity index (χ2v) is 5.03. The van der Waals surface area contributed by atoms with E-state index >= 15 is 0 Å². The molecule has 0 aromatic heterocycles. The molecule has 1 heterocycles. The number of hydrogen-bond acceptors (Lipinski definition) is 3. The molecule has 3 rings (SSSR count). The number of hydrogen-bond donors (Lipinski definition) is 1. The minimum atomic E-state index is 0.682. The molecular formula is C15H20N2O. The fourth-order valence-corrected chi connectivity index (χ4v) is 3.01. The summed E-state index contributed by atoms with van der Waals surface area (Å²) in [6.45, 7) is 3.76. The lowest BCUT2D eigenvalue weighted by Gasteiger charge is -2.26. The van der Waals surface area contributed by atoms with Crippen molar-refractivity contribution in [1.82, 2.24) is 0 Å². The van der Waals surface area contributed by atoms with Gasteiger partial charge in [-0.25, -0.2) is 4.99 Å². The van der Waals surface area contributed by atoms with Gasteiger partial charge in [0.05, 0.1) is 6.54 Å². The minimum absolute atomic E-state index is 0.682. The van der Waals surface area contributed by atoms with Crippen molar-refractivity contribution in [2.75, 3.05) is 18.5 Å². The Kier molecular flexibility index (Phi) is 3.22. The van der Waals surface area contributed by atoms with Crippen LogP contribution in [0.1, 0.15) is 43.2 Å². The standard InChI is InChI=1S/C15H20N2O/c1-2-11-5-3-7-13-12(11)6-4-8-14(13)17-15-16-9-10-18-15/h4,6,8,11H,2-3,5,7,9-10H2,1H3,(H,16,17). The van der Waals surface area contributed by atoms with E-state index in [1.165, 1.54) is 42.5 Å². The first-order valence-corrected chi connectivity index (χ1v) is 6.94. The van der Waals surface area contributed by atoms with Gasteiger partial charge in [-0.15, -0.1) is 0 Å². The lowest BCUT2D eigenvalue weighted by atomic mass is 9.81. The summed E-state index contributed by atoms with van der Waals surface area (Å²) in [6, 6.07) is 7.25. The quantitative estimate of drug-likeness (QED) is 0.866. The zero-order valence-corrected chi connectivity index (χ0v) is 10.9. The number of nitrogens with one attached hydrogen (secondary N) is 1. The predicted octanol–water partition coefficient (Wildman–Crippen LogP) is 3.31. The van der Waals surface area contributed by atoms with E-state index in [1.807, 2.05) is 0 Å². The first kappa shape index (κ1) is 11.6. The summed E-state index contributed by atoms with van der Waals surface area (Å²) in [5.74, 6) is 0.724. The Labute approximate surface area is 108 Å². The van der Waals surface area contributed by atoms with Crippen LogP contribution < -0.4 is 5.32 Å². The summed E-state index contributed by atoms with van der Waals surface area (Å²) >= 11 is 0. The number of aliphatic imine (C=N–C) groups is 1. The lowest BCUT2D eigenvalue weighted by molar-refractivity contribution is 0.346. The van der Waals surface area contributed by atoms with Crippen LogP contribution in [0, 0.1) is 0 Å². The topological polar surface area (TPSA) is 33.6 Å². The molecule has 3 heteroatoms. The van der Waals surface area contributed by atoms with E-state index in [-0.39, 0.29) is 0 Å².